The van der Waals surface area contributed by atoms with Crippen molar-refractivity contribution < 1.29 is 34.1 Å². The van der Waals surface area contributed by atoms with Crippen molar-refractivity contribution in [3.05, 3.63) is 48.0 Å². The van der Waals surface area contributed by atoms with Crippen LogP contribution in [0.3, 0.4) is 0 Å². The molecule has 1 saturated heterocycles. The number of nitrogens with one attached hydrogen (secondary N) is 1. The fourth-order valence-electron chi connectivity index (χ4n) is 2.24. The summed E-state index contributed by atoms with van der Waals surface area (Å²) in [5, 5.41) is 18.8. The monoisotopic (exact) mass is 365 g/mol. The lowest BCUT2D eigenvalue weighted by atomic mass is 10.1. The largest absolute Gasteiger partial charge is 0.478 e. The highest BCUT2D eigenvalue weighted by Gasteiger charge is 2.24. The van der Waals surface area contributed by atoms with E-state index in [0.29, 0.717) is 30.7 Å². The molecule has 0 saturated carbocycles. The zero-order chi connectivity index (χ0) is 19.4. The molecule has 0 amide bonds. The van der Waals surface area contributed by atoms with Gasteiger partial charge < -0.3 is 19.7 Å². The zero-order valence-electron chi connectivity index (χ0n) is 14.5. The molecule has 0 aliphatic carbocycles. The maximum atomic E-state index is 11.9. The quantitative estimate of drug-likeness (QED) is 0.514. The third-order valence-electron chi connectivity index (χ3n) is 3.34. The molecule has 3 N–H and O–H groups in total. The minimum absolute atomic E-state index is 0.185. The SMILES string of the molecule is CCO[C@H]1CCN[C@@H](OC(=O)c2ccccc2)C1.O=C(O)/C=C\C(=O)O. The van der Waals surface area contributed by atoms with Crippen LogP contribution in [-0.4, -0.2) is 53.6 Å². The number of ether oxygens (including phenoxy) is 2. The van der Waals surface area contributed by atoms with Gasteiger partial charge in [0.25, 0.3) is 0 Å². The van der Waals surface area contributed by atoms with E-state index < -0.39 is 11.9 Å². The average molecular weight is 365 g/mol. The van der Waals surface area contributed by atoms with Crippen molar-refractivity contribution in [3.63, 3.8) is 0 Å². The van der Waals surface area contributed by atoms with Crippen LogP contribution in [-0.2, 0) is 19.1 Å². The van der Waals surface area contributed by atoms with Crippen LogP contribution in [0.4, 0.5) is 0 Å². The Morgan fingerprint density at radius 3 is 2.31 bits per heavy atom. The fraction of sp³-hybridized carbons (Fsp3) is 0.389. The number of piperidine rings is 1. The van der Waals surface area contributed by atoms with E-state index >= 15 is 0 Å². The molecule has 0 radical (unpaired) electrons. The van der Waals surface area contributed by atoms with Crippen molar-refractivity contribution in [2.75, 3.05) is 13.2 Å². The van der Waals surface area contributed by atoms with E-state index in [-0.39, 0.29) is 18.3 Å². The van der Waals surface area contributed by atoms with Crippen LogP contribution in [0.1, 0.15) is 30.1 Å². The predicted molar refractivity (Wildman–Crippen MR) is 92.7 cm³/mol. The number of hydrogen-bond donors (Lipinski definition) is 3. The van der Waals surface area contributed by atoms with Gasteiger partial charge in [0.2, 0.25) is 0 Å². The highest BCUT2D eigenvalue weighted by molar-refractivity contribution is 5.90. The van der Waals surface area contributed by atoms with Crippen LogP contribution in [0.25, 0.3) is 0 Å². The average Bonchev–Trinajstić information content (AvgIpc) is 2.62. The van der Waals surface area contributed by atoms with Gasteiger partial charge in [-0.25, -0.2) is 14.4 Å². The Labute approximate surface area is 151 Å². The molecule has 0 aromatic heterocycles. The van der Waals surface area contributed by atoms with E-state index in [0.717, 1.165) is 13.0 Å². The van der Waals surface area contributed by atoms with Crippen molar-refractivity contribution in [2.24, 2.45) is 0 Å². The first-order chi connectivity index (χ1) is 12.4. The number of carbonyl (C=O) groups excluding carboxylic acids is 1. The first-order valence-corrected chi connectivity index (χ1v) is 8.17. The molecule has 2 rings (SSSR count). The van der Waals surface area contributed by atoms with E-state index in [2.05, 4.69) is 5.32 Å². The highest BCUT2D eigenvalue weighted by atomic mass is 16.6. The standard InChI is InChI=1S/C14H19NO3.C4H4O4/c1-2-17-12-8-9-15-13(10-12)18-14(16)11-6-4-3-5-7-11;5-3(6)1-2-4(7)8/h3-7,12-13,15H,2,8-10H2,1H3;1-2H,(H,5,6)(H,7,8)/b;2-1-/t12-,13-;/m0./s1. The van der Waals surface area contributed by atoms with Gasteiger partial charge in [-0.2, -0.15) is 0 Å². The fourth-order valence-corrected chi connectivity index (χ4v) is 2.24. The minimum Gasteiger partial charge on any atom is -0.478 e. The van der Waals surface area contributed by atoms with Crippen molar-refractivity contribution >= 4 is 17.9 Å². The Morgan fingerprint density at radius 2 is 1.77 bits per heavy atom. The second-order valence-electron chi connectivity index (χ2n) is 5.33. The molecule has 142 valence electrons. The summed E-state index contributed by atoms with van der Waals surface area (Å²) in [5.74, 6) is -2.80. The molecular formula is C18H23NO7. The molecule has 1 aliphatic rings. The third-order valence-corrected chi connectivity index (χ3v) is 3.34. The van der Waals surface area contributed by atoms with E-state index in [9.17, 15) is 14.4 Å². The smallest absolute Gasteiger partial charge is 0.339 e. The molecule has 26 heavy (non-hydrogen) atoms. The Morgan fingerprint density at radius 1 is 1.15 bits per heavy atom. The Kier molecular flexibility index (Phi) is 9.66. The van der Waals surface area contributed by atoms with Crippen molar-refractivity contribution in [2.45, 2.75) is 32.1 Å². The summed E-state index contributed by atoms with van der Waals surface area (Å²) in [5.41, 5.74) is 0.581. The van der Waals surface area contributed by atoms with Crippen LogP contribution in [0.5, 0.6) is 0 Å². The molecule has 0 unspecified atom stereocenters. The lowest BCUT2D eigenvalue weighted by molar-refractivity contribution is -0.134. The summed E-state index contributed by atoms with van der Waals surface area (Å²) in [7, 11) is 0. The van der Waals surface area contributed by atoms with Gasteiger partial charge in [-0.05, 0) is 25.5 Å². The molecule has 8 heteroatoms. The number of esters is 1. The summed E-state index contributed by atoms with van der Waals surface area (Å²) < 4.78 is 11.0. The molecule has 1 heterocycles. The van der Waals surface area contributed by atoms with E-state index in [1.807, 2.05) is 25.1 Å². The zero-order valence-corrected chi connectivity index (χ0v) is 14.5. The molecule has 0 spiro atoms. The van der Waals surface area contributed by atoms with Gasteiger partial charge in [0, 0.05) is 31.7 Å². The van der Waals surface area contributed by atoms with Gasteiger partial charge in [0.1, 0.15) is 0 Å². The molecule has 1 aromatic rings. The summed E-state index contributed by atoms with van der Waals surface area (Å²) in [6, 6.07) is 9.04. The Balaban J connectivity index is 0.000000359. The van der Waals surface area contributed by atoms with E-state index in [1.165, 1.54) is 0 Å². The lowest BCUT2D eigenvalue weighted by Gasteiger charge is -2.29. The molecule has 1 aliphatic heterocycles. The van der Waals surface area contributed by atoms with Crippen molar-refractivity contribution in [3.8, 4) is 0 Å². The van der Waals surface area contributed by atoms with E-state index in [1.54, 1.807) is 12.1 Å². The normalized spacial score (nSPS) is 19.3. The van der Waals surface area contributed by atoms with Gasteiger partial charge in [-0.1, -0.05) is 18.2 Å². The van der Waals surface area contributed by atoms with Gasteiger partial charge >= 0.3 is 17.9 Å². The van der Waals surface area contributed by atoms with Gasteiger partial charge in [0.15, 0.2) is 6.23 Å². The third kappa shape index (κ3) is 8.95. The van der Waals surface area contributed by atoms with Crippen LogP contribution in [0.2, 0.25) is 0 Å². The number of aliphatic carboxylic acids is 2. The number of hydrogen-bond acceptors (Lipinski definition) is 6. The maximum absolute atomic E-state index is 11.9. The highest BCUT2D eigenvalue weighted by Crippen LogP contribution is 2.14. The molecular weight excluding hydrogens is 342 g/mol. The Bertz CT molecular complexity index is 597. The van der Waals surface area contributed by atoms with Gasteiger partial charge in [-0.15, -0.1) is 0 Å². The first kappa shape index (κ1) is 21.3. The number of carboxylic acid groups (broad SMARTS) is 2. The molecule has 1 aromatic carbocycles. The number of carboxylic acids is 2. The second-order valence-corrected chi connectivity index (χ2v) is 5.33. The predicted octanol–water partition coefficient (Wildman–Crippen LogP) is 1.67. The summed E-state index contributed by atoms with van der Waals surface area (Å²) in [6.45, 7) is 3.49. The summed E-state index contributed by atoms with van der Waals surface area (Å²) in [4.78, 5) is 31.0. The number of benzene rings is 1. The van der Waals surface area contributed by atoms with Crippen LogP contribution in [0, 0.1) is 0 Å². The molecule has 1 fully saturated rings. The van der Waals surface area contributed by atoms with Gasteiger partial charge in [-0.3, -0.25) is 5.32 Å². The molecule has 8 nitrogen and oxygen atoms in total. The van der Waals surface area contributed by atoms with Crippen LogP contribution in [0.15, 0.2) is 42.5 Å². The maximum Gasteiger partial charge on any atom is 0.339 e. The molecule has 2 atom stereocenters. The lowest BCUT2D eigenvalue weighted by Crippen LogP contribution is -2.43. The summed E-state index contributed by atoms with van der Waals surface area (Å²) in [6.07, 6.45) is 2.73. The summed E-state index contributed by atoms with van der Waals surface area (Å²) >= 11 is 0. The Hall–Kier alpha value is -2.71. The first-order valence-electron chi connectivity index (χ1n) is 8.17. The second kappa shape index (κ2) is 11.8. The van der Waals surface area contributed by atoms with Crippen molar-refractivity contribution in [1.29, 1.82) is 0 Å². The van der Waals surface area contributed by atoms with Gasteiger partial charge in [0.05, 0.1) is 11.7 Å². The van der Waals surface area contributed by atoms with Crippen LogP contribution < -0.4 is 5.32 Å². The topological polar surface area (TPSA) is 122 Å². The molecule has 0 bridgehead atoms. The minimum atomic E-state index is -1.26. The van der Waals surface area contributed by atoms with E-state index in [4.69, 9.17) is 19.7 Å². The van der Waals surface area contributed by atoms with Crippen LogP contribution >= 0.6 is 0 Å². The number of carbonyl (C=O) groups is 3. The number of rotatable bonds is 6. The van der Waals surface area contributed by atoms with Crippen molar-refractivity contribution in [1.82, 2.24) is 5.32 Å².